The van der Waals surface area contributed by atoms with E-state index in [-0.39, 0.29) is 36.2 Å². The van der Waals surface area contributed by atoms with Crippen molar-refractivity contribution in [3.05, 3.63) is 53.2 Å². The standard InChI is InChI=1S/C22H23F3N2O4/c1-14(18-7-8-21(26-11-18)30-13-19(28)16-5-6-16)27-31-12-15-3-4-17(10-22(23,24)25)20(9-15)29-2/h3-4,7-9,11,16H,5-6,10,12-13H2,1-2H3. The number of halogens is 3. The van der Waals surface area contributed by atoms with Crippen molar-refractivity contribution in [1.29, 1.82) is 0 Å². The SMILES string of the molecule is COc1cc(CON=C(C)c2ccc(OCC(=O)C3CC3)nc2)ccc1CC(F)(F)F. The monoisotopic (exact) mass is 436 g/mol. The minimum Gasteiger partial charge on any atom is -0.496 e. The Bertz CT molecular complexity index is 939. The molecule has 3 rings (SSSR count). The van der Waals surface area contributed by atoms with Crippen LogP contribution >= 0.6 is 0 Å². The molecule has 166 valence electrons. The number of carbonyl (C=O) groups excluding carboxylic acids is 1. The number of alkyl halides is 3. The Kier molecular flexibility index (Phi) is 7.14. The maximum absolute atomic E-state index is 12.6. The number of carbonyl (C=O) groups is 1. The van der Waals surface area contributed by atoms with Crippen LogP contribution in [0.4, 0.5) is 13.2 Å². The summed E-state index contributed by atoms with van der Waals surface area (Å²) in [7, 11) is 1.32. The summed E-state index contributed by atoms with van der Waals surface area (Å²) in [5.74, 6) is 0.753. The lowest BCUT2D eigenvalue weighted by Gasteiger charge is -2.12. The number of aromatic nitrogens is 1. The smallest absolute Gasteiger partial charge is 0.393 e. The van der Waals surface area contributed by atoms with Crippen molar-refractivity contribution in [2.24, 2.45) is 11.1 Å². The Balaban J connectivity index is 1.53. The molecule has 0 N–H and O–H groups in total. The first kappa shape index (κ1) is 22.6. The molecule has 1 heterocycles. The Morgan fingerprint density at radius 2 is 2.00 bits per heavy atom. The van der Waals surface area contributed by atoms with E-state index in [4.69, 9.17) is 14.3 Å². The van der Waals surface area contributed by atoms with Crippen molar-refractivity contribution in [2.75, 3.05) is 13.7 Å². The molecule has 0 atom stereocenters. The zero-order chi connectivity index (χ0) is 22.4. The molecule has 0 amide bonds. The highest BCUT2D eigenvalue weighted by Crippen LogP contribution is 2.30. The number of hydrogen-bond acceptors (Lipinski definition) is 6. The quantitative estimate of drug-likeness (QED) is 0.405. The zero-order valence-electron chi connectivity index (χ0n) is 17.2. The molecule has 1 saturated carbocycles. The van der Waals surface area contributed by atoms with Gasteiger partial charge < -0.3 is 14.3 Å². The van der Waals surface area contributed by atoms with Crippen LogP contribution in [0.1, 0.15) is 36.5 Å². The highest BCUT2D eigenvalue weighted by Gasteiger charge is 2.30. The summed E-state index contributed by atoms with van der Waals surface area (Å²) in [5.41, 5.74) is 1.96. The van der Waals surface area contributed by atoms with Crippen LogP contribution in [0.2, 0.25) is 0 Å². The van der Waals surface area contributed by atoms with Crippen LogP contribution in [-0.2, 0) is 22.7 Å². The van der Waals surface area contributed by atoms with E-state index in [0.717, 1.165) is 12.8 Å². The second-order valence-corrected chi connectivity index (χ2v) is 7.30. The molecule has 0 bridgehead atoms. The summed E-state index contributed by atoms with van der Waals surface area (Å²) in [6.07, 6.45) is -1.93. The van der Waals surface area contributed by atoms with E-state index in [2.05, 4.69) is 10.1 Å². The number of ketones is 1. The van der Waals surface area contributed by atoms with Crippen molar-refractivity contribution in [2.45, 2.75) is 39.0 Å². The molecule has 31 heavy (non-hydrogen) atoms. The van der Waals surface area contributed by atoms with Gasteiger partial charge in [0.15, 0.2) is 5.78 Å². The maximum Gasteiger partial charge on any atom is 0.393 e. The van der Waals surface area contributed by atoms with Crippen LogP contribution < -0.4 is 9.47 Å². The van der Waals surface area contributed by atoms with Gasteiger partial charge >= 0.3 is 6.18 Å². The number of oxime groups is 1. The van der Waals surface area contributed by atoms with Gasteiger partial charge in [0, 0.05) is 29.3 Å². The first-order chi connectivity index (χ1) is 14.7. The van der Waals surface area contributed by atoms with Crippen LogP contribution in [0.3, 0.4) is 0 Å². The van der Waals surface area contributed by atoms with E-state index in [1.165, 1.54) is 19.2 Å². The lowest BCUT2D eigenvalue weighted by atomic mass is 10.1. The number of Topliss-reactive ketones (excluding diaryl/α,β-unsaturated/α-hetero) is 1. The van der Waals surface area contributed by atoms with Gasteiger partial charge in [-0.05, 0) is 37.5 Å². The fourth-order valence-electron chi connectivity index (χ4n) is 2.85. The van der Waals surface area contributed by atoms with Crippen LogP contribution in [0.25, 0.3) is 0 Å². The summed E-state index contributed by atoms with van der Waals surface area (Å²) in [6.45, 7) is 1.83. The molecule has 1 fully saturated rings. The maximum atomic E-state index is 12.6. The summed E-state index contributed by atoms with van der Waals surface area (Å²) < 4.78 is 48.3. The summed E-state index contributed by atoms with van der Waals surface area (Å²) in [6, 6.07) is 7.83. The van der Waals surface area contributed by atoms with Crippen molar-refractivity contribution < 1.29 is 32.3 Å². The predicted molar refractivity (Wildman–Crippen MR) is 107 cm³/mol. The number of benzene rings is 1. The van der Waals surface area contributed by atoms with E-state index in [9.17, 15) is 18.0 Å². The summed E-state index contributed by atoms with van der Waals surface area (Å²) >= 11 is 0. The minimum absolute atomic E-state index is 0.0262. The first-order valence-electron chi connectivity index (χ1n) is 9.76. The fourth-order valence-corrected chi connectivity index (χ4v) is 2.85. The topological polar surface area (TPSA) is 70.0 Å². The zero-order valence-corrected chi connectivity index (χ0v) is 17.2. The normalized spacial score (nSPS) is 14.3. The summed E-state index contributed by atoms with van der Waals surface area (Å²) in [4.78, 5) is 21.1. The lowest BCUT2D eigenvalue weighted by Crippen LogP contribution is -2.13. The largest absolute Gasteiger partial charge is 0.496 e. The third-order valence-electron chi connectivity index (χ3n) is 4.72. The Hall–Kier alpha value is -3.10. The van der Waals surface area contributed by atoms with E-state index in [1.54, 1.807) is 31.3 Å². The number of ether oxygens (including phenoxy) is 2. The predicted octanol–water partition coefficient (Wildman–Crippen LogP) is 4.49. The third-order valence-corrected chi connectivity index (χ3v) is 4.72. The highest BCUT2D eigenvalue weighted by molar-refractivity contribution is 5.98. The first-order valence-corrected chi connectivity index (χ1v) is 9.76. The van der Waals surface area contributed by atoms with E-state index in [1.807, 2.05) is 0 Å². The molecule has 2 aromatic rings. The van der Waals surface area contributed by atoms with Gasteiger partial charge in [0.05, 0.1) is 19.2 Å². The van der Waals surface area contributed by atoms with Gasteiger partial charge in [0.2, 0.25) is 5.88 Å². The Labute approximate surface area is 178 Å². The van der Waals surface area contributed by atoms with Crippen molar-refractivity contribution in [1.82, 2.24) is 4.98 Å². The molecule has 0 aliphatic heterocycles. The molecule has 0 saturated heterocycles. The van der Waals surface area contributed by atoms with Crippen molar-refractivity contribution in [3.8, 4) is 11.6 Å². The molecule has 0 unspecified atom stereocenters. The summed E-state index contributed by atoms with van der Waals surface area (Å²) in [5, 5.41) is 4.02. The van der Waals surface area contributed by atoms with Crippen molar-refractivity contribution >= 4 is 11.5 Å². The van der Waals surface area contributed by atoms with Gasteiger partial charge in [-0.1, -0.05) is 17.3 Å². The number of pyridine rings is 1. The van der Waals surface area contributed by atoms with Gasteiger partial charge in [0.1, 0.15) is 19.0 Å². The molecular formula is C22H23F3N2O4. The molecule has 0 radical (unpaired) electrons. The van der Waals surface area contributed by atoms with Crippen LogP contribution in [0.15, 0.2) is 41.7 Å². The lowest BCUT2D eigenvalue weighted by molar-refractivity contribution is -0.127. The van der Waals surface area contributed by atoms with Crippen LogP contribution in [-0.4, -0.2) is 36.4 Å². The second kappa shape index (κ2) is 9.80. The van der Waals surface area contributed by atoms with E-state index in [0.29, 0.717) is 22.7 Å². The number of hydrogen-bond donors (Lipinski definition) is 0. The second-order valence-electron chi connectivity index (χ2n) is 7.30. The Morgan fingerprint density at radius 1 is 1.23 bits per heavy atom. The molecule has 1 aromatic carbocycles. The van der Waals surface area contributed by atoms with E-state index >= 15 is 0 Å². The number of rotatable bonds is 10. The van der Waals surface area contributed by atoms with Crippen molar-refractivity contribution in [3.63, 3.8) is 0 Å². The molecule has 0 spiro atoms. The molecule has 6 nitrogen and oxygen atoms in total. The van der Waals surface area contributed by atoms with Gasteiger partial charge in [0.25, 0.3) is 0 Å². The fraction of sp³-hybridized carbons (Fsp3) is 0.409. The molecule has 9 heteroatoms. The third kappa shape index (κ3) is 6.97. The minimum atomic E-state index is -4.31. The highest BCUT2D eigenvalue weighted by atomic mass is 19.4. The van der Waals surface area contributed by atoms with Gasteiger partial charge in [-0.3, -0.25) is 4.79 Å². The van der Waals surface area contributed by atoms with Gasteiger partial charge in [-0.15, -0.1) is 0 Å². The van der Waals surface area contributed by atoms with Gasteiger partial charge in [-0.25, -0.2) is 4.98 Å². The molecule has 1 aliphatic rings. The molecular weight excluding hydrogens is 413 g/mol. The van der Waals surface area contributed by atoms with Crippen LogP contribution in [0.5, 0.6) is 11.6 Å². The van der Waals surface area contributed by atoms with Gasteiger partial charge in [-0.2, -0.15) is 13.2 Å². The molecule has 1 aromatic heterocycles. The number of methoxy groups -OCH3 is 1. The Morgan fingerprint density at radius 3 is 2.61 bits per heavy atom. The average Bonchev–Trinajstić information content (AvgIpc) is 3.57. The molecule has 1 aliphatic carbocycles. The van der Waals surface area contributed by atoms with E-state index < -0.39 is 12.6 Å². The number of nitrogens with zero attached hydrogens (tertiary/aromatic N) is 2. The average molecular weight is 436 g/mol. The van der Waals surface area contributed by atoms with Crippen LogP contribution in [0, 0.1) is 5.92 Å².